The molecule has 0 saturated carbocycles. The average Bonchev–Trinajstić information content (AvgIpc) is 3.09. The molecule has 150 valence electrons. The third-order valence-electron chi connectivity index (χ3n) is 5.40. The van der Waals surface area contributed by atoms with Crippen molar-refractivity contribution in [2.45, 2.75) is 25.9 Å². The minimum absolute atomic E-state index is 0.0958. The number of carbonyl (C=O) groups is 3. The zero-order chi connectivity index (χ0) is 21.0. The van der Waals surface area contributed by atoms with Gasteiger partial charge in [0.1, 0.15) is 12.3 Å². The third-order valence-corrected chi connectivity index (χ3v) is 5.65. The van der Waals surface area contributed by atoms with Gasteiger partial charge < -0.3 is 0 Å². The lowest BCUT2D eigenvalue weighted by Gasteiger charge is -2.32. The molecule has 3 aliphatic rings. The maximum absolute atomic E-state index is 12.9. The normalized spacial score (nSPS) is 22.4. The fraction of sp³-hybridized carbons (Fsp3) is 0.368. The van der Waals surface area contributed by atoms with Crippen molar-refractivity contribution in [3.8, 4) is 0 Å². The molecule has 0 radical (unpaired) electrons. The fourth-order valence-electron chi connectivity index (χ4n) is 3.52. The van der Waals surface area contributed by atoms with Crippen molar-refractivity contribution in [1.82, 2.24) is 14.8 Å². The number of benzene rings is 1. The molecule has 29 heavy (non-hydrogen) atoms. The van der Waals surface area contributed by atoms with E-state index in [1.165, 1.54) is 23.9 Å². The molecule has 1 saturated heterocycles. The number of rotatable bonds is 3. The van der Waals surface area contributed by atoms with Gasteiger partial charge in [-0.1, -0.05) is 28.7 Å². The van der Waals surface area contributed by atoms with Crippen LogP contribution < -0.4 is 0 Å². The van der Waals surface area contributed by atoms with Gasteiger partial charge in [0.25, 0.3) is 5.91 Å². The Morgan fingerprint density at radius 2 is 1.86 bits per heavy atom. The van der Waals surface area contributed by atoms with Crippen LogP contribution in [0.5, 0.6) is 0 Å². The molecule has 1 fully saturated rings. The molecule has 0 aromatic heterocycles. The Hall–Kier alpha value is -3.07. The second-order valence-electron chi connectivity index (χ2n) is 7.22. The molecular formula is C19H20ClN6O3+. The maximum Gasteiger partial charge on any atom is 0.417 e. The Morgan fingerprint density at radius 3 is 2.48 bits per heavy atom. The number of ketones is 1. The predicted molar refractivity (Wildman–Crippen MR) is 107 cm³/mol. The summed E-state index contributed by atoms with van der Waals surface area (Å²) in [5.74, 6) is 0.256. The van der Waals surface area contributed by atoms with Crippen molar-refractivity contribution in [2.75, 3.05) is 20.6 Å². The topological polar surface area (TPSA) is 88.7 Å². The van der Waals surface area contributed by atoms with Gasteiger partial charge in [-0.25, -0.2) is 9.37 Å². The van der Waals surface area contributed by atoms with E-state index >= 15 is 0 Å². The molecule has 10 heteroatoms. The van der Waals surface area contributed by atoms with Crippen molar-refractivity contribution in [1.29, 1.82) is 0 Å². The van der Waals surface area contributed by atoms with Crippen LogP contribution in [0.25, 0.3) is 0 Å². The number of carbonyl (C=O) groups excluding carboxylic acids is 3. The van der Waals surface area contributed by atoms with E-state index in [2.05, 4.69) is 10.1 Å². The SMILES string of the molecule is CC(=O)C(C)N1N=C(c2ccc(Cl)cc2)C[N+]2=C1N=C1C2C(=O)N(C)C(=O)N1C. The molecule has 3 heterocycles. The number of amides is 3. The van der Waals surface area contributed by atoms with Crippen LogP contribution in [-0.2, 0) is 9.59 Å². The highest BCUT2D eigenvalue weighted by Crippen LogP contribution is 2.25. The molecule has 9 nitrogen and oxygen atoms in total. The highest BCUT2D eigenvalue weighted by molar-refractivity contribution is 6.30. The molecule has 2 unspecified atom stereocenters. The number of halogens is 1. The van der Waals surface area contributed by atoms with Crippen LogP contribution in [0, 0.1) is 0 Å². The largest absolute Gasteiger partial charge is 0.417 e. The van der Waals surface area contributed by atoms with Gasteiger partial charge in [-0.2, -0.15) is 0 Å². The molecule has 0 spiro atoms. The number of fused-ring (bicyclic) bond motifs is 2. The quantitative estimate of drug-likeness (QED) is 0.689. The molecule has 3 amide bonds. The number of amidine groups is 1. The Morgan fingerprint density at radius 1 is 1.21 bits per heavy atom. The van der Waals surface area contributed by atoms with E-state index in [0.717, 1.165) is 10.5 Å². The number of hydrogen-bond donors (Lipinski definition) is 0. The average molecular weight is 416 g/mol. The summed E-state index contributed by atoms with van der Waals surface area (Å²) in [6.07, 6.45) is 0. The summed E-state index contributed by atoms with van der Waals surface area (Å²) in [4.78, 5) is 44.3. The fourth-order valence-corrected chi connectivity index (χ4v) is 3.65. The van der Waals surface area contributed by atoms with Crippen LogP contribution in [0.2, 0.25) is 5.02 Å². The summed E-state index contributed by atoms with van der Waals surface area (Å²) < 4.78 is 1.79. The highest BCUT2D eigenvalue weighted by atomic mass is 35.5. The molecule has 0 aliphatic carbocycles. The third kappa shape index (κ3) is 2.93. The van der Waals surface area contributed by atoms with Crippen molar-refractivity contribution in [2.24, 2.45) is 10.1 Å². The van der Waals surface area contributed by atoms with Gasteiger partial charge in [-0.3, -0.25) is 19.4 Å². The lowest BCUT2D eigenvalue weighted by atomic mass is 10.1. The molecule has 1 aromatic rings. The number of likely N-dealkylation sites (N-methyl/N-ethyl adjacent to an activating group) is 2. The minimum Gasteiger partial charge on any atom is -0.296 e. The van der Waals surface area contributed by atoms with Gasteiger partial charge in [-0.05, 0) is 26.0 Å². The van der Waals surface area contributed by atoms with E-state index in [9.17, 15) is 14.4 Å². The zero-order valence-corrected chi connectivity index (χ0v) is 17.2. The number of guanidine groups is 1. The second kappa shape index (κ2) is 6.77. The van der Waals surface area contributed by atoms with Gasteiger partial charge in [0.2, 0.25) is 11.9 Å². The summed E-state index contributed by atoms with van der Waals surface area (Å²) in [6, 6.07) is 5.40. The Bertz CT molecular complexity index is 1030. The first-order valence-corrected chi connectivity index (χ1v) is 9.49. The summed E-state index contributed by atoms with van der Waals surface area (Å²) in [5.41, 5.74) is 1.49. The number of nitrogens with zero attached hydrogens (tertiary/aromatic N) is 6. The molecule has 0 bridgehead atoms. The number of Topliss-reactive ketones (excluding diaryl/α,β-unsaturated/α-hetero) is 1. The molecule has 0 N–H and O–H groups in total. The van der Waals surface area contributed by atoms with Crippen molar-refractivity contribution >= 4 is 46.8 Å². The smallest absolute Gasteiger partial charge is 0.296 e. The first kappa shape index (κ1) is 19.3. The van der Waals surface area contributed by atoms with Crippen LogP contribution in [0.4, 0.5) is 4.79 Å². The molecule has 4 rings (SSSR count). The first-order valence-electron chi connectivity index (χ1n) is 9.11. The number of imide groups is 1. The van der Waals surface area contributed by atoms with E-state index in [1.807, 2.05) is 12.1 Å². The second-order valence-corrected chi connectivity index (χ2v) is 7.66. The maximum atomic E-state index is 12.9. The molecule has 1 aromatic carbocycles. The van der Waals surface area contributed by atoms with E-state index in [4.69, 9.17) is 11.6 Å². The van der Waals surface area contributed by atoms with E-state index in [1.54, 1.807) is 30.7 Å². The van der Waals surface area contributed by atoms with Crippen molar-refractivity contribution < 1.29 is 19.0 Å². The lowest BCUT2D eigenvalue weighted by molar-refractivity contribution is -0.527. The van der Waals surface area contributed by atoms with Crippen LogP contribution in [0.15, 0.2) is 34.4 Å². The zero-order valence-electron chi connectivity index (χ0n) is 16.5. The highest BCUT2D eigenvalue weighted by Gasteiger charge is 2.54. The summed E-state index contributed by atoms with van der Waals surface area (Å²) >= 11 is 6.00. The number of urea groups is 1. The summed E-state index contributed by atoms with van der Waals surface area (Å²) in [7, 11) is 3.03. The Kier molecular flexibility index (Phi) is 4.49. The van der Waals surface area contributed by atoms with Crippen LogP contribution in [0.3, 0.4) is 0 Å². The van der Waals surface area contributed by atoms with Crippen molar-refractivity contribution in [3.63, 3.8) is 0 Å². The Labute approximate surface area is 172 Å². The number of hydrazone groups is 1. The van der Waals surface area contributed by atoms with Crippen LogP contribution in [0.1, 0.15) is 19.4 Å². The van der Waals surface area contributed by atoms with Gasteiger partial charge in [0.05, 0.1) is 0 Å². The molecular weight excluding hydrogens is 396 g/mol. The predicted octanol–water partition coefficient (Wildman–Crippen LogP) is 1.01. The molecule has 2 atom stereocenters. The van der Waals surface area contributed by atoms with Gasteiger partial charge in [0.15, 0.2) is 11.8 Å². The van der Waals surface area contributed by atoms with Gasteiger partial charge in [-0.15, -0.1) is 10.1 Å². The summed E-state index contributed by atoms with van der Waals surface area (Å²) in [6.45, 7) is 3.51. The van der Waals surface area contributed by atoms with Gasteiger partial charge >= 0.3 is 12.0 Å². The number of aliphatic imine (C=N–C) groups is 1. The van der Waals surface area contributed by atoms with Crippen LogP contribution in [-0.4, -0.2) is 87.3 Å². The monoisotopic (exact) mass is 415 g/mol. The number of hydrogen-bond acceptors (Lipinski definition) is 6. The van der Waals surface area contributed by atoms with Crippen LogP contribution >= 0.6 is 11.6 Å². The molecule has 3 aliphatic heterocycles. The summed E-state index contributed by atoms with van der Waals surface area (Å²) in [5, 5.41) is 6.78. The van der Waals surface area contributed by atoms with E-state index in [-0.39, 0.29) is 11.7 Å². The van der Waals surface area contributed by atoms with Crippen molar-refractivity contribution in [3.05, 3.63) is 34.9 Å². The van der Waals surface area contributed by atoms with Gasteiger partial charge in [0, 0.05) is 24.7 Å². The lowest BCUT2D eigenvalue weighted by Crippen LogP contribution is -2.62. The standard InChI is InChI=1S/C19H20ClN6O3/c1-10(11(2)27)26-18-21-16-15(17(28)24(4)19(29)23(16)3)25(18)9-14(22-26)12-5-7-13(20)8-6-12/h5-8,10,15H,9H2,1-4H3/q+1. The first-order chi connectivity index (χ1) is 13.7. The minimum atomic E-state index is -0.753. The van der Waals surface area contributed by atoms with E-state index in [0.29, 0.717) is 29.1 Å². The van der Waals surface area contributed by atoms with E-state index < -0.39 is 18.1 Å². The Balaban J connectivity index is 1.81.